The van der Waals surface area contributed by atoms with Crippen molar-refractivity contribution in [3.05, 3.63) is 40.7 Å². The van der Waals surface area contributed by atoms with Crippen LogP contribution in [0.1, 0.15) is 56.2 Å². The number of piperidine rings is 1. The smallest absolute Gasteiger partial charge is 0.311 e. The van der Waals surface area contributed by atoms with E-state index in [0.717, 1.165) is 17.7 Å². The van der Waals surface area contributed by atoms with E-state index in [2.05, 4.69) is 4.90 Å². The molecule has 2 heterocycles. The second-order valence-corrected chi connectivity index (χ2v) is 10.1. The molecule has 1 aromatic carbocycles. The van der Waals surface area contributed by atoms with Crippen LogP contribution in [0.5, 0.6) is 5.75 Å². The van der Waals surface area contributed by atoms with Crippen LogP contribution in [0.15, 0.2) is 24.0 Å². The average molecular weight is 486 g/mol. The second kappa shape index (κ2) is 8.43. The number of hydrogen-bond acceptors (Lipinski definition) is 9. The molecule has 0 radical (unpaired) electrons. The van der Waals surface area contributed by atoms with E-state index in [9.17, 15) is 24.6 Å². The first kappa shape index (κ1) is 24.0. The number of carbonyl (C=O) groups is 3. The second-order valence-electron chi connectivity index (χ2n) is 10.1. The van der Waals surface area contributed by atoms with Gasteiger partial charge in [0.2, 0.25) is 0 Å². The van der Waals surface area contributed by atoms with Gasteiger partial charge in [-0.15, -0.1) is 0 Å². The van der Waals surface area contributed by atoms with Crippen LogP contribution in [0, 0.1) is 0 Å². The van der Waals surface area contributed by atoms with E-state index in [4.69, 9.17) is 14.2 Å². The van der Waals surface area contributed by atoms with Gasteiger partial charge in [0.1, 0.15) is 11.5 Å². The number of carbonyl (C=O) groups excluding carboxylic acids is 3. The van der Waals surface area contributed by atoms with Crippen LogP contribution in [0.25, 0.3) is 0 Å². The molecule has 9 nitrogen and oxygen atoms in total. The molecule has 4 aliphatic rings. The molecule has 0 saturated carbocycles. The minimum atomic E-state index is -1.11. The van der Waals surface area contributed by atoms with E-state index in [-0.39, 0.29) is 31.3 Å². The number of rotatable bonds is 7. The quantitative estimate of drug-likeness (QED) is 0.550. The lowest BCUT2D eigenvalue weighted by Crippen LogP contribution is -2.74. The Morgan fingerprint density at radius 3 is 2.71 bits per heavy atom. The Morgan fingerprint density at radius 2 is 2.00 bits per heavy atom. The third-order valence-corrected chi connectivity index (χ3v) is 8.27. The maximum atomic E-state index is 12.7. The lowest BCUT2D eigenvalue weighted by molar-refractivity contribution is -0.169. The van der Waals surface area contributed by atoms with E-state index < -0.39 is 35.2 Å². The fraction of sp³-hybridized carbons (Fsp3) is 0.577. The van der Waals surface area contributed by atoms with Gasteiger partial charge in [-0.05, 0) is 51.9 Å². The lowest BCUT2D eigenvalue weighted by Gasteiger charge is -2.61. The van der Waals surface area contributed by atoms with Crippen molar-refractivity contribution >= 4 is 17.7 Å². The minimum absolute atomic E-state index is 0.118. The van der Waals surface area contributed by atoms with Gasteiger partial charge in [-0.2, -0.15) is 0 Å². The summed E-state index contributed by atoms with van der Waals surface area (Å²) < 4.78 is 17.1. The fourth-order valence-electron chi connectivity index (χ4n) is 6.36. The van der Waals surface area contributed by atoms with Crippen LogP contribution in [-0.2, 0) is 42.3 Å². The summed E-state index contributed by atoms with van der Waals surface area (Å²) in [5.41, 5.74) is 0.735. The summed E-state index contributed by atoms with van der Waals surface area (Å²) in [4.78, 5) is 38.1. The van der Waals surface area contributed by atoms with Gasteiger partial charge in [-0.3, -0.25) is 14.4 Å². The highest BCUT2D eigenvalue weighted by molar-refractivity contribution is 5.84. The zero-order valence-electron chi connectivity index (χ0n) is 20.2. The molecule has 9 heteroatoms. The fourth-order valence-corrected chi connectivity index (χ4v) is 6.36. The maximum absolute atomic E-state index is 12.7. The number of Topliss-reactive ketones (excluding diaryl/α,β-unsaturated/α-hetero) is 1. The monoisotopic (exact) mass is 485 g/mol. The van der Waals surface area contributed by atoms with E-state index in [0.29, 0.717) is 36.3 Å². The molecular formula is C26H31NO8. The Bertz CT molecular complexity index is 1130. The molecule has 5 rings (SSSR count). The number of aliphatic hydroxyl groups excluding tert-OH is 1. The first-order valence-electron chi connectivity index (χ1n) is 12.1. The van der Waals surface area contributed by atoms with Crippen molar-refractivity contribution in [2.75, 3.05) is 13.6 Å². The summed E-state index contributed by atoms with van der Waals surface area (Å²) in [6.07, 6.45) is 1.30. The van der Waals surface area contributed by atoms with Crippen molar-refractivity contribution in [3.63, 3.8) is 0 Å². The summed E-state index contributed by atoms with van der Waals surface area (Å²) in [5.74, 6) is -0.651. The van der Waals surface area contributed by atoms with Crippen molar-refractivity contribution < 1.29 is 38.8 Å². The van der Waals surface area contributed by atoms with Crippen LogP contribution in [0.4, 0.5) is 0 Å². The molecule has 2 aliphatic carbocycles. The van der Waals surface area contributed by atoms with Gasteiger partial charge in [-0.1, -0.05) is 12.1 Å². The lowest BCUT2D eigenvalue weighted by atomic mass is 9.50. The van der Waals surface area contributed by atoms with E-state index in [1.165, 1.54) is 13.8 Å². The number of ketones is 1. The van der Waals surface area contributed by atoms with Gasteiger partial charge >= 0.3 is 11.9 Å². The molecule has 1 aromatic rings. The molecule has 0 aromatic heterocycles. The average Bonchev–Trinajstić information content (AvgIpc) is 3.17. The molecule has 35 heavy (non-hydrogen) atoms. The highest BCUT2D eigenvalue weighted by atomic mass is 16.6. The van der Waals surface area contributed by atoms with Crippen molar-refractivity contribution in [3.8, 4) is 5.75 Å². The number of ether oxygens (including phenoxy) is 3. The Hall–Kier alpha value is -2.75. The van der Waals surface area contributed by atoms with Crippen molar-refractivity contribution in [1.82, 2.24) is 4.90 Å². The Labute approximate surface area is 203 Å². The van der Waals surface area contributed by atoms with Gasteiger partial charge in [0, 0.05) is 23.6 Å². The number of likely N-dealkylation sites (tertiary alicyclic amines) is 1. The Morgan fingerprint density at radius 1 is 1.26 bits per heavy atom. The van der Waals surface area contributed by atoms with Gasteiger partial charge in [0.05, 0.1) is 30.5 Å². The molecular weight excluding hydrogens is 454 g/mol. The standard InChI is InChI=1S/C26H31NO8/c1-14(29)15(2)33-20(30)6-7-21(31)34-18-8-9-26(32)19-12-16-4-5-17(13-28)23-22(16)25(26,24(18)35-23)10-11-27(19)3/h4-5,8,15,19,24,28,32H,6-7,9-13H2,1-3H3/t15-,19+,24-,25-,26+/m0/s1. The molecule has 5 atom stereocenters. The zero-order valence-corrected chi connectivity index (χ0v) is 20.2. The Balaban J connectivity index is 1.41. The number of hydrogen-bond donors (Lipinski definition) is 2. The molecule has 188 valence electrons. The predicted molar refractivity (Wildman–Crippen MR) is 122 cm³/mol. The molecule has 2 bridgehead atoms. The highest BCUT2D eigenvalue weighted by Crippen LogP contribution is 2.64. The number of esters is 2. The van der Waals surface area contributed by atoms with E-state index >= 15 is 0 Å². The van der Waals surface area contributed by atoms with Gasteiger partial charge in [0.15, 0.2) is 18.0 Å². The van der Waals surface area contributed by atoms with Gasteiger partial charge in [-0.25, -0.2) is 0 Å². The zero-order chi connectivity index (χ0) is 25.1. The Kier molecular flexibility index (Phi) is 5.77. The molecule has 0 amide bonds. The van der Waals surface area contributed by atoms with Crippen molar-refractivity contribution in [2.45, 2.75) is 81.8 Å². The van der Waals surface area contributed by atoms with Crippen LogP contribution in [-0.4, -0.2) is 70.3 Å². The van der Waals surface area contributed by atoms with E-state index in [1.54, 1.807) is 6.08 Å². The molecule has 2 aliphatic heterocycles. The number of nitrogens with zero attached hydrogens (tertiary/aromatic N) is 1. The van der Waals surface area contributed by atoms with Crippen molar-refractivity contribution in [1.29, 1.82) is 0 Å². The molecule has 1 spiro atoms. The highest BCUT2D eigenvalue weighted by Gasteiger charge is 2.71. The molecule has 2 N–H and O–H groups in total. The minimum Gasteiger partial charge on any atom is -0.481 e. The number of benzene rings is 1. The van der Waals surface area contributed by atoms with Crippen LogP contribution >= 0.6 is 0 Å². The number of likely N-dealkylation sites (N-methyl/N-ethyl adjacent to an activating group) is 1. The summed E-state index contributed by atoms with van der Waals surface area (Å²) in [5, 5.41) is 22.1. The largest absolute Gasteiger partial charge is 0.481 e. The van der Waals surface area contributed by atoms with Crippen LogP contribution < -0.4 is 4.74 Å². The topological polar surface area (TPSA) is 123 Å². The molecule has 0 unspecified atom stereocenters. The summed E-state index contributed by atoms with van der Waals surface area (Å²) in [7, 11) is 2.01. The third-order valence-electron chi connectivity index (χ3n) is 8.27. The summed E-state index contributed by atoms with van der Waals surface area (Å²) in [6.45, 7) is 3.35. The first-order chi connectivity index (χ1) is 16.6. The SMILES string of the molecule is CC(=O)[C@H](C)OC(=O)CCC(=O)OC1=CC[C@@]2(O)[C@H]3Cc4ccc(CO)c5c4[C@@]2(CCN3C)[C@H]1O5. The van der Waals surface area contributed by atoms with Gasteiger partial charge < -0.3 is 29.3 Å². The van der Waals surface area contributed by atoms with E-state index in [1.807, 2.05) is 19.2 Å². The third kappa shape index (κ3) is 3.43. The van der Waals surface area contributed by atoms with Crippen LogP contribution in [0.2, 0.25) is 0 Å². The predicted octanol–water partition coefficient (Wildman–Crippen LogP) is 1.30. The number of aliphatic hydroxyl groups is 2. The maximum Gasteiger partial charge on any atom is 0.311 e. The summed E-state index contributed by atoms with van der Waals surface area (Å²) >= 11 is 0. The van der Waals surface area contributed by atoms with Crippen LogP contribution in [0.3, 0.4) is 0 Å². The molecule has 1 fully saturated rings. The summed E-state index contributed by atoms with van der Waals surface area (Å²) in [6, 6.07) is 3.74. The normalized spacial score (nSPS) is 31.1. The molecule has 1 saturated heterocycles. The first-order valence-corrected chi connectivity index (χ1v) is 12.1. The van der Waals surface area contributed by atoms with Crippen molar-refractivity contribution in [2.24, 2.45) is 0 Å². The van der Waals surface area contributed by atoms with Gasteiger partial charge in [0.25, 0.3) is 0 Å².